The molecule has 25 heavy (non-hydrogen) atoms. The van der Waals surface area contributed by atoms with Crippen molar-refractivity contribution < 1.29 is 14.3 Å². The largest absolute Gasteiger partial charge is 0.496 e. The van der Waals surface area contributed by atoms with E-state index in [9.17, 15) is 4.79 Å². The molecule has 0 heterocycles. The Kier molecular flexibility index (Phi) is 6.53. The minimum atomic E-state index is -0.172. The molecule has 2 N–H and O–H groups in total. The first-order valence-electron chi connectivity index (χ1n) is 8.01. The van der Waals surface area contributed by atoms with Gasteiger partial charge in [-0.15, -0.1) is 0 Å². The summed E-state index contributed by atoms with van der Waals surface area (Å²) in [6, 6.07) is 10.9. The zero-order valence-corrected chi connectivity index (χ0v) is 15.5. The summed E-state index contributed by atoms with van der Waals surface area (Å²) in [5, 5.41) is 0.334. The molecule has 1 amide bonds. The van der Waals surface area contributed by atoms with E-state index in [1.165, 1.54) is 7.11 Å². The molecular weight excluding hydrogens is 340 g/mol. The number of nitrogens with zero attached hydrogens (tertiary/aromatic N) is 1. The van der Waals surface area contributed by atoms with Gasteiger partial charge in [-0.2, -0.15) is 0 Å². The summed E-state index contributed by atoms with van der Waals surface area (Å²) < 4.78 is 11.0. The highest BCUT2D eigenvalue weighted by molar-refractivity contribution is 6.33. The number of ether oxygens (including phenoxy) is 2. The lowest BCUT2D eigenvalue weighted by atomic mass is 10.1. The van der Waals surface area contributed by atoms with Gasteiger partial charge in [0.25, 0.3) is 5.91 Å². The van der Waals surface area contributed by atoms with Crippen LogP contribution in [0.1, 0.15) is 22.3 Å². The number of nitrogen functional groups attached to an aromatic ring is 1. The van der Waals surface area contributed by atoms with Gasteiger partial charge in [-0.05, 0) is 31.0 Å². The predicted molar refractivity (Wildman–Crippen MR) is 101 cm³/mol. The molecule has 0 saturated heterocycles. The summed E-state index contributed by atoms with van der Waals surface area (Å²) in [5.74, 6) is 1.10. The molecule has 0 radical (unpaired) electrons. The van der Waals surface area contributed by atoms with Crippen molar-refractivity contribution in [1.82, 2.24) is 4.90 Å². The SMILES string of the molecule is COc1cc(N)c(Cl)cc1C(=O)N(C)CCCOc1ccccc1C. The Bertz CT molecular complexity index is 749. The standard InChI is InChI=1S/C19H23ClN2O3/c1-13-7-4-5-8-17(13)25-10-6-9-22(2)19(23)14-11-15(20)16(21)12-18(14)24-3/h4-5,7-8,11-12H,6,9-10,21H2,1-3H3. The first kappa shape index (κ1) is 18.9. The second kappa shape index (κ2) is 8.62. The highest BCUT2D eigenvalue weighted by Crippen LogP contribution is 2.29. The van der Waals surface area contributed by atoms with Crippen LogP contribution in [-0.2, 0) is 0 Å². The molecule has 2 aromatic carbocycles. The number of carbonyl (C=O) groups excluding carboxylic acids is 1. The quantitative estimate of drug-likeness (QED) is 0.601. The average Bonchev–Trinajstić information content (AvgIpc) is 2.61. The number of hydrogen-bond acceptors (Lipinski definition) is 4. The van der Waals surface area contributed by atoms with Crippen molar-refractivity contribution in [2.24, 2.45) is 0 Å². The Balaban J connectivity index is 1.92. The Morgan fingerprint density at radius 2 is 1.96 bits per heavy atom. The fourth-order valence-corrected chi connectivity index (χ4v) is 2.58. The number of methoxy groups -OCH3 is 1. The van der Waals surface area contributed by atoms with Crippen molar-refractivity contribution in [3.63, 3.8) is 0 Å². The molecule has 2 aromatic rings. The minimum absolute atomic E-state index is 0.172. The molecule has 0 spiro atoms. The third-order valence-corrected chi connectivity index (χ3v) is 4.21. The van der Waals surface area contributed by atoms with Gasteiger partial charge in [0.05, 0.1) is 30.0 Å². The van der Waals surface area contributed by atoms with E-state index in [1.54, 1.807) is 24.1 Å². The van der Waals surface area contributed by atoms with E-state index in [1.807, 2.05) is 31.2 Å². The highest BCUT2D eigenvalue weighted by atomic mass is 35.5. The molecule has 0 aromatic heterocycles. The lowest BCUT2D eigenvalue weighted by molar-refractivity contribution is 0.0784. The molecule has 0 saturated carbocycles. The molecular formula is C19H23ClN2O3. The van der Waals surface area contributed by atoms with Crippen LogP contribution >= 0.6 is 11.6 Å². The van der Waals surface area contributed by atoms with Crippen LogP contribution in [0.5, 0.6) is 11.5 Å². The number of halogens is 1. The van der Waals surface area contributed by atoms with Crippen LogP contribution in [0.4, 0.5) is 5.69 Å². The van der Waals surface area contributed by atoms with E-state index in [4.69, 9.17) is 26.8 Å². The molecule has 0 aliphatic carbocycles. The number of carbonyl (C=O) groups is 1. The second-order valence-corrected chi connectivity index (χ2v) is 6.18. The average molecular weight is 363 g/mol. The van der Waals surface area contributed by atoms with Gasteiger partial charge in [0, 0.05) is 19.7 Å². The first-order valence-corrected chi connectivity index (χ1v) is 8.38. The fourth-order valence-electron chi connectivity index (χ4n) is 2.41. The van der Waals surface area contributed by atoms with Crippen LogP contribution in [0.25, 0.3) is 0 Å². The van der Waals surface area contributed by atoms with Gasteiger partial charge in [-0.3, -0.25) is 4.79 Å². The summed E-state index contributed by atoms with van der Waals surface area (Å²) in [4.78, 5) is 14.2. The lowest BCUT2D eigenvalue weighted by Gasteiger charge is -2.19. The van der Waals surface area contributed by atoms with Crippen LogP contribution in [-0.4, -0.2) is 38.1 Å². The van der Waals surface area contributed by atoms with Gasteiger partial charge >= 0.3 is 0 Å². The number of nitrogens with two attached hydrogens (primary N) is 1. The summed E-state index contributed by atoms with van der Waals surface area (Å²) >= 11 is 6.03. The fraction of sp³-hybridized carbons (Fsp3) is 0.316. The van der Waals surface area contributed by atoms with Crippen molar-refractivity contribution in [3.05, 3.63) is 52.5 Å². The minimum Gasteiger partial charge on any atom is -0.496 e. The van der Waals surface area contributed by atoms with E-state index in [2.05, 4.69) is 0 Å². The van der Waals surface area contributed by atoms with Crippen LogP contribution in [0.2, 0.25) is 5.02 Å². The summed E-state index contributed by atoms with van der Waals surface area (Å²) in [6.45, 7) is 3.08. The highest BCUT2D eigenvalue weighted by Gasteiger charge is 2.18. The Morgan fingerprint density at radius 1 is 1.24 bits per heavy atom. The molecule has 6 heteroatoms. The Labute approximate surface area is 153 Å². The maximum absolute atomic E-state index is 12.6. The number of benzene rings is 2. The van der Waals surface area contributed by atoms with Gasteiger partial charge in [-0.1, -0.05) is 29.8 Å². The zero-order chi connectivity index (χ0) is 18.4. The maximum Gasteiger partial charge on any atom is 0.257 e. The van der Waals surface area contributed by atoms with E-state index in [0.29, 0.717) is 41.6 Å². The van der Waals surface area contributed by atoms with Crippen LogP contribution < -0.4 is 15.2 Å². The van der Waals surface area contributed by atoms with Crippen LogP contribution in [0.15, 0.2) is 36.4 Å². The molecule has 0 fully saturated rings. The summed E-state index contributed by atoms with van der Waals surface area (Å²) in [6.07, 6.45) is 0.710. The molecule has 134 valence electrons. The molecule has 0 aliphatic heterocycles. The summed E-state index contributed by atoms with van der Waals surface area (Å²) in [5.41, 5.74) is 7.62. The molecule has 2 rings (SSSR count). The Morgan fingerprint density at radius 3 is 2.64 bits per heavy atom. The van der Waals surface area contributed by atoms with E-state index < -0.39 is 0 Å². The van der Waals surface area contributed by atoms with Crippen molar-refractivity contribution in [3.8, 4) is 11.5 Å². The van der Waals surface area contributed by atoms with Crippen molar-refractivity contribution in [2.75, 3.05) is 33.0 Å². The van der Waals surface area contributed by atoms with E-state index in [0.717, 1.165) is 11.3 Å². The third kappa shape index (κ3) is 4.79. The van der Waals surface area contributed by atoms with E-state index >= 15 is 0 Å². The van der Waals surface area contributed by atoms with E-state index in [-0.39, 0.29) is 5.91 Å². The number of hydrogen-bond donors (Lipinski definition) is 1. The number of amides is 1. The predicted octanol–water partition coefficient (Wildman–Crippen LogP) is 3.78. The number of para-hydroxylation sites is 1. The molecule has 0 bridgehead atoms. The van der Waals surface area contributed by atoms with Crippen molar-refractivity contribution in [2.45, 2.75) is 13.3 Å². The molecule has 0 aliphatic rings. The van der Waals surface area contributed by atoms with Crippen molar-refractivity contribution in [1.29, 1.82) is 0 Å². The number of aryl methyl sites for hydroxylation is 1. The van der Waals surface area contributed by atoms with Crippen LogP contribution in [0, 0.1) is 6.92 Å². The number of anilines is 1. The van der Waals surface area contributed by atoms with Crippen LogP contribution in [0.3, 0.4) is 0 Å². The smallest absolute Gasteiger partial charge is 0.257 e. The normalized spacial score (nSPS) is 10.4. The van der Waals surface area contributed by atoms with Gasteiger partial charge in [0.15, 0.2) is 0 Å². The van der Waals surface area contributed by atoms with Gasteiger partial charge in [0.1, 0.15) is 11.5 Å². The van der Waals surface area contributed by atoms with Gasteiger partial charge < -0.3 is 20.1 Å². The summed E-state index contributed by atoms with van der Waals surface area (Å²) in [7, 11) is 3.23. The van der Waals surface area contributed by atoms with Crippen molar-refractivity contribution >= 4 is 23.2 Å². The second-order valence-electron chi connectivity index (χ2n) is 5.77. The maximum atomic E-state index is 12.6. The monoisotopic (exact) mass is 362 g/mol. The Hall–Kier alpha value is -2.40. The van der Waals surface area contributed by atoms with Gasteiger partial charge in [-0.25, -0.2) is 0 Å². The molecule has 0 atom stereocenters. The molecule has 5 nitrogen and oxygen atoms in total. The zero-order valence-electron chi connectivity index (χ0n) is 14.7. The lowest BCUT2D eigenvalue weighted by Crippen LogP contribution is -2.29. The third-order valence-electron chi connectivity index (χ3n) is 3.88. The molecule has 0 unspecified atom stereocenters. The number of rotatable bonds is 7. The topological polar surface area (TPSA) is 64.8 Å². The van der Waals surface area contributed by atoms with Gasteiger partial charge in [0.2, 0.25) is 0 Å². The first-order chi connectivity index (χ1) is 11.9.